The molecule has 0 saturated heterocycles. The summed E-state index contributed by atoms with van der Waals surface area (Å²) in [6.07, 6.45) is -1.28. The van der Waals surface area contributed by atoms with E-state index in [0.717, 1.165) is 16.7 Å². The molecule has 12 heteroatoms. The Morgan fingerprint density at radius 2 is 1.61 bits per heavy atom. The lowest BCUT2D eigenvalue weighted by Crippen LogP contribution is -2.26. The first-order chi connectivity index (χ1) is 18.0. The lowest BCUT2D eigenvalue weighted by Gasteiger charge is -2.19. The number of carbonyl (C=O) groups excluding carboxylic acids is 1. The Morgan fingerprint density at radius 3 is 2.08 bits per heavy atom. The minimum absolute atomic E-state index is 0.167. The SMILES string of the molecule is COc1cc2c(c(OC)c1OC)-c1ccc(OC)c(=O)cc1[C@@H](NC(C)=O)CC2.O=C(O)CC(O)C(=O)O. The lowest BCUT2D eigenvalue weighted by atomic mass is 9.95. The van der Waals surface area contributed by atoms with E-state index in [2.05, 4.69) is 5.32 Å². The molecule has 1 aliphatic carbocycles. The number of nitrogens with one attached hydrogen (secondary N) is 1. The molecule has 38 heavy (non-hydrogen) atoms. The van der Waals surface area contributed by atoms with Crippen LogP contribution in [0.15, 0.2) is 29.1 Å². The van der Waals surface area contributed by atoms with Crippen molar-refractivity contribution in [1.29, 1.82) is 0 Å². The minimum atomic E-state index is -1.79. The molecule has 1 unspecified atom stereocenters. The van der Waals surface area contributed by atoms with Crippen LogP contribution < -0.4 is 29.7 Å². The molecular weight excluding hydrogens is 502 g/mol. The number of rotatable bonds is 8. The van der Waals surface area contributed by atoms with Crippen molar-refractivity contribution in [3.63, 3.8) is 0 Å². The van der Waals surface area contributed by atoms with Gasteiger partial charge in [0.05, 0.1) is 40.9 Å². The molecule has 0 bridgehead atoms. The van der Waals surface area contributed by atoms with Gasteiger partial charge in [-0.3, -0.25) is 14.4 Å². The summed E-state index contributed by atoms with van der Waals surface area (Å²) in [6, 6.07) is 6.57. The molecule has 12 nitrogen and oxygen atoms in total. The highest BCUT2D eigenvalue weighted by atomic mass is 16.5. The number of carboxylic acids is 2. The van der Waals surface area contributed by atoms with Gasteiger partial charge in [0.25, 0.3) is 0 Å². The van der Waals surface area contributed by atoms with Gasteiger partial charge < -0.3 is 39.6 Å². The van der Waals surface area contributed by atoms with Gasteiger partial charge in [-0.25, -0.2) is 4.79 Å². The molecule has 3 rings (SSSR count). The van der Waals surface area contributed by atoms with Crippen molar-refractivity contribution in [2.75, 3.05) is 28.4 Å². The molecule has 1 amide bonds. The molecular formula is C26H31NO11. The van der Waals surface area contributed by atoms with Crippen LogP contribution >= 0.6 is 0 Å². The average Bonchev–Trinajstić information content (AvgIpc) is 3.11. The monoisotopic (exact) mass is 533 g/mol. The first-order valence-electron chi connectivity index (χ1n) is 11.4. The van der Waals surface area contributed by atoms with E-state index in [1.54, 1.807) is 27.4 Å². The molecule has 0 aromatic heterocycles. The van der Waals surface area contributed by atoms with Crippen molar-refractivity contribution < 1.29 is 48.7 Å². The topological polar surface area (TPSA) is 178 Å². The summed E-state index contributed by atoms with van der Waals surface area (Å²) in [5.74, 6) is -1.24. The van der Waals surface area contributed by atoms with Crippen LogP contribution in [0, 0.1) is 0 Å². The van der Waals surface area contributed by atoms with E-state index in [0.29, 0.717) is 35.7 Å². The first kappa shape index (κ1) is 29.9. The van der Waals surface area contributed by atoms with Crippen molar-refractivity contribution in [3.05, 3.63) is 45.6 Å². The van der Waals surface area contributed by atoms with Gasteiger partial charge in [0.15, 0.2) is 23.4 Å². The molecule has 4 N–H and O–H groups in total. The summed E-state index contributed by atoms with van der Waals surface area (Å²) in [5.41, 5.74) is 3.01. The zero-order valence-electron chi connectivity index (χ0n) is 21.7. The predicted octanol–water partition coefficient (Wildman–Crippen LogP) is 1.78. The third kappa shape index (κ3) is 6.91. The Hall–Kier alpha value is -4.32. The lowest BCUT2D eigenvalue weighted by molar-refractivity contribution is -0.152. The van der Waals surface area contributed by atoms with Crippen molar-refractivity contribution in [2.45, 2.75) is 38.3 Å². The standard InChI is InChI=1S/C22H25NO6.C4H6O5/c1-12(24)23-16-8-6-13-10-19(27-3)21(28-4)22(29-5)20(13)14-7-9-18(26-2)17(25)11-15(14)16;5-2(4(8)9)1-3(6)7/h7,9-11,16H,6,8H2,1-5H3,(H,23,24);2,5H,1H2,(H,6,7)(H,8,9)/t16-;/m0./s1. The van der Waals surface area contributed by atoms with Gasteiger partial charge in [-0.2, -0.15) is 0 Å². The Morgan fingerprint density at radius 1 is 0.974 bits per heavy atom. The first-order valence-corrected chi connectivity index (χ1v) is 11.4. The molecule has 2 aromatic rings. The number of aryl methyl sites for hydroxylation is 1. The molecule has 1 aliphatic rings. The second kappa shape index (κ2) is 13.3. The number of amides is 1. The number of fused-ring (bicyclic) bond motifs is 3. The number of carbonyl (C=O) groups is 3. The highest BCUT2D eigenvalue weighted by Gasteiger charge is 2.29. The summed E-state index contributed by atoms with van der Waals surface area (Å²) in [6.45, 7) is 1.46. The number of hydrogen-bond acceptors (Lipinski definition) is 9. The minimum Gasteiger partial charge on any atom is -0.493 e. The van der Waals surface area contributed by atoms with Gasteiger partial charge in [0.2, 0.25) is 17.1 Å². The van der Waals surface area contributed by atoms with Crippen LogP contribution in [0.3, 0.4) is 0 Å². The molecule has 0 fully saturated rings. The fourth-order valence-electron chi connectivity index (χ4n) is 4.11. The fraction of sp³-hybridized carbons (Fsp3) is 0.385. The average molecular weight is 534 g/mol. The maximum Gasteiger partial charge on any atom is 0.333 e. The zero-order valence-corrected chi connectivity index (χ0v) is 21.7. The number of hydrogen-bond donors (Lipinski definition) is 4. The van der Waals surface area contributed by atoms with Crippen molar-refractivity contribution >= 4 is 17.8 Å². The van der Waals surface area contributed by atoms with Crippen LogP contribution in [-0.4, -0.2) is 67.7 Å². The van der Waals surface area contributed by atoms with Gasteiger partial charge in [0.1, 0.15) is 0 Å². The number of aliphatic hydroxyl groups excluding tert-OH is 1. The molecule has 206 valence electrons. The van der Waals surface area contributed by atoms with Crippen molar-refractivity contribution in [1.82, 2.24) is 5.32 Å². The van der Waals surface area contributed by atoms with E-state index in [9.17, 15) is 19.2 Å². The second-order valence-corrected chi connectivity index (χ2v) is 8.20. The van der Waals surface area contributed by atoms with Gasteiger partial charge in [-0.05, 0) is 47.7 Å². The maximum absolute atomic E-state index is 12.6. The third-order valence-corrected chi connectivity index (χ3v) is 5.75. The maximum atomic E-state index is 12.6. The van der Waals surface area contributed by atoms with Gasteiger partial charge >= 0.3 is 11.9 Å². The highest BCUT2D eigenvalue weighted by molar-refractivity contribution is 5.83. The zero-order chi connectivity index (χ0) is 28.6. The van der Waals surface area contributed by atoms with Crippen molar-refractivity contribution in [2.24, 2.45) is 0 Å². The Kier molecular flexibility index (Phi) is 10.5. The van der Waals surface area contributed by atoms with Crippen LogP contribution in [0.1, 0.15) is 36.9 Å². The fourth-order valence-corrected chi connectivity index (χ4v) is 4.11. The van der Waals surface area contributed by atoms with Gasteiger partial charge in [0, 0.05) is 12.5 Å². The number of benzene rings is 1. The molecule has 0 spiro atoms. The van der Waals surface area contributed by atoms with E-state index < -0.39 is 24.5 Å². The molecule has 2 aromatic carbocycles. The molecule has 0 aliphatic heterocycles. The Balaban J connectivity index is 0.000000484. The Labute approximate surface area is 218 Å². The Bertz CT molecular complexity index is 1260. The van der Waals surface area contributed by atoms with E-state index in [1.807, 2.05) is 12.1 Å². The van der Waals surface area contributed by atoms with Crippen LogP contribution in [0.5, 0.6) is 23.0 Å². The number of aliphatic carboxylic acids is 2. The van der Waals surface area contributed by atoms with Crippen LogP contribution in [0.4, 0.5) is 0 Å². The summed E-state index contributed by atoms with van der Waals surface area (Å²) in [7, 11) is 6.14. The normalized spacial score (nSPS) is 14.2. The van der Waals surface area contributed by atoms with Gasteiger partial charge in [-0.15, -0.1) is 0 Å². The smallest absolute Gasteiger partial charge is 0.333 e. The second-order valence-electron chi connectivity index (χ2n) is 8.20. The quantitative estimate of drug-likeness (QED) is 0.389. The third-order valence-electron chi connectivity index (χ3n) is 5.75. The van der Waals surface area contributed by atoms with Crippen LogP contribution in [0.25, 0.3) is 11.1 Å². The van der Waals surface area contributed by atoms with Crippen LogP contribution in [-0.2, 0) is 20.8 Å². The number of methoxy groups -OCH3 is 4. The largest absolute Gasteiger partial charge is 0.493 e. The molecule has 2 atom stereocenters. The summed E-state index contributed by atoms with van der Waals surface area (Å²) >= 11 is 0. The molecule has 0 heterocycles. The van der Waals surface area contributed by atoms with E-state index in [4.69, 9.17) is 34.3 Å². The number of carboxylic acid groups (broad SMARTS) is 2. The van der Waals surface area contributed by atoms with Gasteiger partial charge in [-0.1, -0.05) is 6.07 Å². The number of ether oxygens (including phenoxy) is 4. The molecule has 0 radical (unpaired) electrons. The van der Waals surface area contributed by atoms with Crippen LogP contribution in [0.2, 0.25) is 0 Å². The van der Waals surface area contributed by atoms with E-state index in [1.165, 1.54) is 20.1 Å². The van der Waals surface area contributed by atoms with E-state index in [-0.39, 0.29) is 23.1 Å². The summed E-state index contributed by atoms with van der Waals surface area (Å²) < 4.78 is 22.0. The molecule has 0 saturated carbocycles. The van der Waals surface area contributed by atoms with Crippen molar-refractivity contribution in [3.8, 4) is 34.1 Å². The summed E-state index contributed by atoms with van der Waals surface area (Å²) in [5, 5.41) is 27.1. The number of aliphatic hydroxyl groups is 1. The summed E-state index contributed by atoms with van der Waals surface area (Å²) in [4.78, 5) is 43.9. The predicted molar refractivity (Wildman–Crippen MR) is 135 cm³/mol. The highest BCUT2D eigenvalue weighted by Crippen LogP contribution is 2.50. The van der Waals surface area contributed by atoms with E-state index >= 15 is 0 Å².